The molecule has 0 saturated heterocycles. The maximum absolute atomic E-state index is 13.0. The number of hydrogen-bond donors (Lipinski definition) is 2. The number of benzene rings is 1. The van der Waals surface area contributed by atoms with Gasteiger partial charge in [0.15, 0.2) is 5.13 Å². The van der Waals surface area contributed by atoms with E-state index in [0.717, 1.165) is 4.70 Å². The normalized spacial score (nSPS) is 12.6. The molecule has 0 fully saturated rings. The van der Waals surface area contributed by atoms with Crippen LogP contribution in [0.2, 0.25) is 0 Å². The summed E-state index contributed by atoms with van der Waals surface area (Å²) in [6.45, 7) is 1.84. The Morgan fingerprint density at radius 3 is 3.12 bits per heavy atom. The lowest BCUT2D eigenvalue weighted by Gasteiger charge is -2.09. The topological polar surface area (TPSA) is 68.0 Å². The third-order valence-electron chi connectivity index (χ3n) is 2.23. The highest BCUT2D eigenvalue weighted by Crippen LogP contribution is 2.26. The number of carbonyl (C=O) groups is 1. The molecule has 1 unspecified atom stereocenters. The van der Waals surface area contributed by atoms with E-state index in [4.69, 9.17) is 5.73 Å². The Kier molecular flexibility index (Phi) is 3.23. The van der Waals surface area contributed by atoms with Gasteiger partial charge in [-0.3, -0.25) is 4.79 Å². The smallest absolute Gasteiger partial charge is 0.219 e. The molecule has 0 aliphatic heterocycles. The van der Waals surface area contributed by atoms with E-state index in [-0.39, 0.29) is 24.2 Å². The van der Waals surface area contributed by atoms with Crippen LogP contribution in [0, 0.1) is 5.82 Å². The van der Waals surface area contributed by atoms with Gasteiger partial charge in [0.05, 0.1) is 10.2 Å². The molecule has 1 aromatic carbocycles. The maximum Gasteiger partial charge on any atom is 0.219 e. The Balaban J connectivity index is 2.16. The highest BCUT2D eigenvalue weighted by atomic mass is 32.1. The summed E-state index contributed by atoms with van der Waals surface area (Å²) in [6, 6.07) is 4.39. The molecule has 4 nitrogen and oxygen atoms in total. The number of primary amides is 1. The van der Waals surface area contributed by atoms with Crippen molar-refractivity contribution in [3.8, 4) is 0 Å². The summed E-state index contributed by atoms with van der Waals surface area (Å²) in [4.78, 5) is 15.0. The fourth-order valence-corrected chi connectivity index (χ4v) is 2.48. The van der Waals surface area contributed by atoms with E-state index < -0.39 is 0 Å². The summed E-state index contributed by atoms with van der Waals surface area (Å²) >= 11 is 1.42. The predicted octanol–water partition coefficient (Wildman–Crippen LogP) is 2.11. The van der Waals surface area contributed by atoms with Crippen molar-refractivity contribution in [2.24, 2.45) is 5.73 Å². The van der Waals surface area contributed by atoms with E-state index in [1.807, 2.05) is 6.92 Å². The van der Waals surface area contributed by atoms with Crippen LogP contribution in [0.3, 0.4) is 0 Å². The van der Waals surface area contributed by atoms with Gasteiger partial charge in [-0.15, -0.1) is 0 Å². The van der Waals surface area contributed by atoms with Crippen molar-refractivity contribution in [2.75, 3.05) is 5.32 Å². The standard InChI is InChI=1S/C11H12FN3OS/c1-6(4-10(13)16)14-11-15-8-5-7(12)2-3-9(8)17-11/h2-3,5-6H,4H2,1H3,(H2,13,16)(H,14,15). The molecule has 0 saturated carbocycles. The van der Waals surface area contributed by atoms with Crippen LogP contribution in [0.1, 0.15) is 13.3 Å². The van der Waals surface area contributed by atoms with Crippen LogP contribution in [0.15, 0.2) is 18.2 Å². The molecule has 90 valence electrons. The van der Waals surface area contributed by atoms with Crippen LogP contribution in [0.25, 0.3) is 10.2 Å². The number of thiazole rings is 1. The largest absolute Gasteiger partial charge is 0.370 e. The first-order valence-electron chi connectivity index (χ1n) is 5.15. The predicted molar refractivity (Wildman–Crippen MR) is 66.5 cm³/mol. The van der Waals surface area contributed by atoms with E-state index in [0.29, 0.717) is 10.6 Å². The zero-order valence-corrected chi connectivity index (χ0v) is 10.1. The minimum absolute atomic E-state index is 0.0853. The monoisotopic (exact) mass is 253 g/mol. The molecular weight excluding hydrogens is 241 g/mol. The van der Waals surface area contributed by atoms with Gasteiger partial charge in [0.2, 0.25) is 5.91 Å². The highest BCUT2D eigenvalue weighted by Gasteiger charge is 2.09. The number of fused-ring (bicyclic) bond motifs is 1. The Labute approximate surface area is 102 Å². The number of amides is 1. The molecular formula is C11H12FN3OS. The van der Waals surface area contributed by atoms with Crippen molar-refractivity contribution in [1.82, 2.24) is 4.98 Å². The van der Waals surface area contributed by atoms with Gasteiger partial charge in [0.25, 0.3) is 0 Å². The molecule has 2 rings (SSSR count). The average Bonchev–Trinajstić information content (AvgIpc) is 2.57. The second-order valence-electron chi connectivity index (χ2n) is 3.85. The number of carbonyl (C=O) groups excluding carboxylic acids is 1. The molecule has 0 radical (unpaired) electrons. The fourth-order valence-electron chi connectivity index (χ4n) is 1.53. The first-order valence-corrected chi connectivity index (χ1v) is 5.97. The lowest BCUT2D eigenvalue weighted by atomic mass is 10.2. The van der Waals surface area contributed by atoms with Gasteiger partial charge in [0.1, 0.15) is 5.82 Å². The Morgan fingerprint density at radius 1 is 1.65 bits per heavy atom. The number of halogens is 1. The van der Waals surface area contributed by atoms with Crippen LogP contribution >= 0.6 is 11.3 Å². The lowest BCUT2D eigenvalue weighted by Crippen LogP contribution is -2.23. The molecule has 0 aliphatic rings. The van der Waals surface area contributed by atoms with Gasteiger partial charge in [-0.2, -0.15) is 0 Å². The van der Waals surface area contributed by atoms with Crippen LogP contribution in [-0.2, 0) is 4.79 Å². The summed E-state index contributed by atoms with van der Waals surface area (Å²) in [5, 5.41) is 3.73. The summed E-state index contributed by atoms with van der Waals surface area (Å²) in [6.07, 6.45) is 0.240. The molecule has 2 aromatic rings. The van der Waals surface area contributed by atoms with Crippen molar-refractivity contribution in [3.63, 3.8) is 0 Å². The zero-order valence-electron chi connectivity index (χ0n) is 9.24. The van der Waals surface area contributed by atoms with Gasteiger partial charge >= 0.3 is 0 Å². The van der Waals surface area contributed by atoms with E-state index >= 15 is 0 Å². The lowest BCUT2D eigenvalue weighted by molar-refractivity contribution is -0.118. The van der Waals surface area contributed by atoms with E-state index in [1.165, 1.54) is 23.5 Å². The molecule has 0 aliphatic carbocycles. The van der Waals surface area contributed by atoms with Crippen molar-refractivity contribution in [3.05, 3.63) is 24.0 Å². The summed E-state index contributed by atoms with van der Waals surface area (Å²) in [5.74, 6) is -0.670. The first-order chi connectivity index (χ1) is 8.04. The molecule has 3 N–H and O–H groups in total. The number of rotatable bonds is 4. The molecule has 1 amide bonds. The van der Waals surface area contributed by atoms with Gasteiger partial charge < -0.3 is 11.1 Å². The molecule has 0 spiro atoms. The van der Waals surface area contributed by atoms with Gasteiger partial charge in [0, 0.05) is 18.5 Å². The van der Waals surface area contributed by atoms with Crippen molar-refractivity contribution < 1.29 is 9.18 Å². The Morgan fingerprint density at radius 2 is 2.41 bits per heavy atom. The van der Waals surface area contributed by atoms with Crippen LogP contribution < -0.4 is 11.1 Å². The highest BCUT2D eigenvalue weighted by molar-refractivity contribution is 7.22. The maximum atomic E-state index is 13.0. The van der Waals surface area contributed by atoms with E-state index in [9.17, 15) is 9.18 Å². The first kappa shape index (κ1) is 11.8. The molecule has 6 heteroatoms. The van der Waals surface area contributed by atoms with Gasteiger partial charge in [-0.1, -0.05) is 11.3 Å². The Bertz CT molecular complexity index is 555. The minimum Gasteiger partial charge on any atom is -0.370 e. The van der Waals surface area contributed by atoms with Crippen molar-refractivity contribution >= 4 is 32.6 Å². The molecule has 1 aromatic heterocycles. The molecule has 0 bridgehead atoms. The second-order valence-corrected chi connectivity index (χ2v) is 4.88. The van der Waals surface area contributed by atoms with Gasteiger partial charge in [-0.05, 0) is 19.1 Å². The molecule has 1 heterocycles. The summed E-state index contributed by atoms with van der Waals surface area (Å²) in [7, 11) is 0. The minimum atomic E-state index is -0.364. The van der Waals surface area contributed by atoms with Crippen LogP contribution in [0.4, 0.5) is 9.52 Å². The number of nitrogens with two attached hydrogens (primary N) is 1. The van der Waals surface area contributed by atoms with Crippen molar-refractivity contribution in [1.29, 1.82) is 0 Å². The quantitative estimate of drug-likeness (QED) is 0.876. The zero-order chi connectivity index (χ0) is 12.4. The second kappa shape index (κ2) is 4.67. The third kappa shape index (κ3) is 2.91. The fraction of sp³-hybridized carbons (Fsp3) is 0.273. The number of nitrogens with zero attached hydrogens (tertiary/aromatic N) is 1. The Hall–Kier alpha value is -1.69. The molecule has 17 heavy (non-hydrogen) atoms. The van der Waals surface area contributed by atoms with E-state index in [2.05, 4.69) is 10.3 Å². The third-order valence-corrected chi connectivity index (χ3v) is 3.19. The summed E-state index contributed by atoms with van der Waals surface area (Å²) < 4.78 is 13.9. The van der Waals surface area contributed by atoms with Gasteiger partial charge in [-0.25, -0.2) is 9.37 Å². The van der Waals surface area contributed by atoms with E-state index in [1.54, 1.807) is 6.07 Å². The number of aromatic nitrogens is 1. The SMILES string of the molecule is CC(CC(N)=O)Nc1nc2cc(F)ccc2s1. The average molecular weight is 253 g/mol. The number of anilines is 1. The number of nitrogens with one attached hydrogen (secondary N) is 1. The van der Waals surface area contributed by atoms with Crippen LogP contribution in [0.5, 0.6) is 0 Å². The van der Waals surface area contributed by atoms with Crippen molar-refractivity contribution in [2.45, 2.75) is 19.4 Å². The van der Waals surface area contributed by atoms with Crippen LogP contribution in [-0.4, -0.2) is 16.9 Å². The molecule has 1 atom stereocenters. The number of hydrogen-bond acceptors (Lipinski definition) is 4. The summed E-state index contributed by atoms with van der Waals surface area (Å²) in [5.41, 5.74) is 5.71.